The lowest BCUT2D eigenvalue weighted by Crippen LogP contribution is -2.42. The highest BCUT2D eigenvalue weighted by Gasteiger charge is 2.29. The molecule has 2 heterocycles. The van der Waals surface area contributed by atoms with Crippen molar-refractivity contribution in [2.45, 2.75) is 23.8 Å². The first-order valence-corrected chi connectivity index (χ1v) is 9.41. The lowest BCUT2D eigenvalue weighted by molar-refractivity contribution is 0.102. The van der Waals surface area contributed by atoms with E-state index in [1.807, 2.05) is 0 Å². The average molecular weight is 361 g/mol. The summed E-state index contributed by atoms with van der Waals surface area (Å²) >= 11 is 0. The number of benzene rings is 1. The van der Waals surface area contributed by atoms with Crippen molar-refractivity contribution in [2.24, 2.45) is 0 Å². The van der Waals surface area contributed by atoms with Crippen LogP contribution in [0.3, 0.4) is 0 Å². The molecule has 0 saturated carbocycles. The van der Waals surface area contributed by atoms with Gasteiger partial charge in [-0.3, -0.25) is 4.79 Å². The molecule has 3 rings (SSSR count). The second-order valence-corrected chi connectivity index (χ2v) is 7.79. The molecular weight excluding hydrogens is 342 g/mol. The van der Waals surface area contributed by atoms with Crippen LogP contribution in [0.25, 0.3) is 0 Å². The van der Waals surface area contributed by atoms with Gasteiger partial charge in [0, 0.05) is 24.8 Å². The molecule has 1 atom stereocenters. The van der Waals surface area contributed by atoms with E-state index in [0.29, 0.717) is 30.8 Å². The predicted molar refractivity (Wildman–Crippen MR) is 92.6 cm³/mol. The van der Waals surface area contributed by atoms with Crippen molar-refractivity contribution in [2.75, 3.05) is 18.4 Å². The molecule has 2 N–H and O–H groups in total. The number of hydrogen-bond donors (Lipinski definition) is 2. The molecule has 0 unspecified atom stereocenters. The molecule has 8 heteroatoms. The molecular formula is C17H19N3O4S. The number of aliphatic hydroxyl groups is 1. The number of carbonyl (C=O) groups is 1. The quantitative estimate of drug-likeness (QED) is 0.859. The summed E-state index contributed by atoms with van der Waals surface area (Å²) in [4.78, 5) is 16.3. The van der Waals surface area contributed by atoms with Gasteiger partial charge in [-0.05, 0) is 49.2 Å². The normalized spacial score (nSPS) is 18.7. The van der Waals surface area contributed by atoms with Gasteiger partial charge in [0.2, 0.25) is 10.0 Å². The van der Waals surface area contributed by atoms with E-state index in [9.17, 15) is 18.3 Å². The Morgan fingerprint density at radius 3 is 2.60 bits per heavy atom. The van der Waals surface area contributed by atoms with E-state index in [1.165, 1.54) is 28.6 Å². The Bertz CT molecular complexity index is 838. The van der Waals surface area contributed by atoms with E-state index in [0.717, 1.165) is 0 Å². The number of piperidine rings is 1. The maximum Gasteiger partial charge on any atom is 0.256 e. The van der Waals surface area contributed by atoms with Gasteiger partial charge in [0.1, 0.15) is 5.82 Å². The summed E-state index contributed by atoms with van der Waals surface area (Å²) in [5, 5.41) is 12.3. The van der Waals surface area contributed by atoms with Crippen LogP contribution in [0.5, 0.6) is 0 Å². The third-order valence-electron chi connectivity index (χ3n) is 4.02. The van der Waals surface area contributed by atoms with Gasteiger partial charge in [0.15, 0.2) is 0 Å². The molecule has 1 fully saturated rings. The van der Waals surface area contributed by atoms with Crippen LogP contribution in [0.4, 0.5) is 5.82 Å². The van der Waals surface area contributed by atoms with Crippen molar-refractivity contribution in [3.8, 4) is 0 Å². The number of β-amino-alcohol motifs (C(OH)–C–C–N with tert-alkyl or cyclic N) is 1. The monoisotopic (exact) mass is 361 g/mol. The van der Waals surface area contributed by atoms with Gasteiger partial charge in [-0.15, -0.1) is 0 Å². The fourth-order valence-electron chi connectivity index (χ4n) is 2.69. The number of pyridine rings is 1. The van der Waals surface area contributed by atoms with Crippen molar-refractivity contribution in [3.63, 3.8) is 0 Å². The Labute approximate surface area is 146 Å². The second kappa shape index (κ2) is 7.30. The van der Waals surface area contributed by atoms with Crippen LogP contribution in [-0.2, 0) is 10.0 Å². The number of amides is 1. The first-order chi connectivity index (χ1) is 12.0. The number of rotatable bonds is 4. The van der Waals surface area contributed by atoms with Gasteiger partial charge in [0.25, 0.3) is 5.91 Å². The molecule has 7 nitrogen and oxygen atoms in total. The number of nitrogens with zero attached hydrogens (tertiary/aromatic N) is 2. The minimum atomic E-state index is -3.67. The molecule has 0 aliphatic carbocycles. The topological polar surface area (TPSA) is 99.6 Å². The maximum atomic E-state index is 12.6. The summed E-state index contributed by atoms with van der Waals surface area (Å²) in [6.45, 7) is 0.492. The molecule has 1 aromatic heterocycles. The van der Waals surface area contributed by atoms with Crippen LogP contribution in [-0.4, -0.2) is 47.9 Å². The summed E-state index contributed by atoms with van der Waals surface area (Å²) in [6.07, 6.45) is 2.18. The lowest BCUT2D eigenvalue weighted by Gasteiger charge is -2.29. The summed E-state index contributed by atoms with van der Waals surface area (Å²) in [6, 6.07) is 10.9. The highest BCUT2D eigenvalue weighted by atomic mass is 32.2. The number of aromatic nitrogens is 1. The third-order valence-corrected chi connectivity index (χ3v) is 5.90. The van der Waals surface area contributed by atoms with E-state index in [-0.39, 0.29) is 17.3 Å². The standard InChI is InChI=1S/C17H19N3O4S/c21-14-4-3-11-20(12-14)25(23,24)15-8-6-13(7-9-15)17(22)19-16-5-1-2-10-18-16/h1-2,5-10,14,21H,3-4,11-12H2,(H,18,19,22)/t14-/m0/s1. The third kappa shape index (κ3) is 4.04. The van der Waals surface area contributed by atoms with E-state index in [4.69, 9.17) is 0 Å². The minimum Gasteiger partial charge on any atom is -0.392 e. The van der Waals surface area contributed by atoms with Gasteiger partial charge < -0.3 is 10.4 Å². The Morgan fingerprint density at radius 2 is 1.96 bits per heavy atom. The molecule has 1 aliphatic heterocycles. The van der Waals surface area contributed by atoms with Crippen LogP contribution < -0.4 is 5.32 Å². The Morgan fingerprint density at radius 1 is 1.20 bits per heavy atom. The molecule has 1 saturated heterocycles. The average Bonchev–Trinajstić information content (AvgIpc) is 2.62. The van der Waals surface area contributed by atoms with Crippen LogP contribution in [0.15, 0.2) is 53.6 Å². The van der Waals surface area contributed by atoms with Crippen molar-refractivity contribution < 1.29 is 18.3 Å². The van der Waals surface area contributed by atoms with Crippen molar-refractivity contribution in [1.82, 2.24) is 9.29 Å². The molecule has 1 aromatic carbocycles. The first kappa shape index (κ1) is 17.5. The molecule has 0 spiro atoms. The van der Waals surface area contributed by atoms with E-state index < -0.39 is 16.1 Å². The number of aliphatic hydroxyl groups excluding tert-OH is 1. The minimum absolute atomic E-state index is 0.101. The Balaban J connectivity index is 1.74. The fourth-order valence-corrected chi connectivity index (χ4v) is 4.21. The van der Waals surface area contributed by atoms with Gasteiger partial charge in [0.05, 0.1) is 11.0 Å². The van der Waals surface area contributed by atoms with Gasteiger partial charge >= 0.3 is 0 Å². The van der Waals surface area contributed by atoms with Crippen LogP contribution >= 0.6 is 0 Å². The lowest BCUT2D eigenvalue weighted by atomic mass is 10.1. The molecule has 0 bridgehead atoms. The van der Waals surface area contributed by atoms with Crippen molar-refractivity contribution in [3.05, 3.63) is 54.2 Å². The Hall–Kier alpha value is -2.29. The van der Waals surface area contributed by atoms with Gasteiger partial charge in [-0.1, -0.05) is 6.07 Å². The Kier molecular flexibility index (Phi) is 5.12. The highest BCUT2D eigenvalue weighted by Crippen LogP contribution is 2.21. The van der Waals surface area contributed by atoms with E-state index in [1.54, 1.807) is 24.4 Å². The van der Waals surface area contributed by atoms with Crippen LogP contribution in [0.2, 0.25) is 0 Å². The molecule has 0 radical (unpaired) electrons. The summed E-state index contributed by atoms with van der Waals surface area (Å²) < 4.78 is 26.5. The number of nitrogens with one attached hydrogen (secondary N) is 1. The molecule has 2 aromatic rings. The van der Waals surface area contributed by atoms with E-state index >= 15 is 0 Å². The summed E-state index contributed by atoms with van der Waals surface area (Å²) in [5.41, 5.74) is 0.336. The SMILES string of the molecule is O=C(Nc1ccccn1)c1ccc(S(=O)(=O)N2CCC[C@H](O)C2)cc1. The van der Waals surface area contributed by atoms with Crippen molar-refractivity contribution >= 4 is 21.7 Å². The maximum absolute atomic E-state index is 12.6. The van der Waals surface area contributed by atoms with Crippen LogP contribution in [0.1, 0.15) is 23.2 Å². The highest BCUT2D eigenvalue weighted by molar-refractivity contribution is 7.89. The van der Waals surface area contributed by atoms with E-state index in [2.05, 4.69) is 10.3 Å². The molecule has 25 heavy (non-hydrogen) atoms. The fraction of sp³-hybridized carbons (Fsp3) is 0.294. The number of sulfonamides is 1. The first-order valence-electron chi connectivity index (χ1n) is 7.97. The number of anilines is 1. The largest absolute Gasteiger partial charge is 0.392 e. The van der Waals surface area contributed by atoms with Gasteiger partial charge in [-0.25, -0.2) is 13.4 Å². The number of hydrogen-bond acceptors (Lipinski definition) is 5. The second-order valence-electron chi connectivity index (χ2n) is 5.85. The zero-order valence-corrected chi connectivity index (χ0v) is 14.3. The smallest absolute Gasteiger partial charge is 0.256 e. The number of carbonyl (C=O) groups excluding carboxylic acids is 1. The zero-order valence-electron chi connectivity index (χ0n) is 13.5. The molecule has 1 amide bonds. The van der Waals surface area contributed by atoms with Crippen molar-refractivity contribution in [1.29, 1.82) is 0 Å². The zero-order chi connectivity index (χ0) is 17.9. The molecule has 132 valence electrons. The summed E-state index contributed by atoms with van der Waals surface area (Å²) in [7, 11) is -3.67. The van der Waals surface area contributed by atoms with Crippen LogP contribution in [0, 0.1) is 0 Å². The van der Waals surface area contributed by atoms with Gasteiger partial charge in [-0.2, -0.15) is 4.31 Å². The summed E-state index contributed by atoms with van der Waals surface area (Å²) in [5.74, 6) is 0.0579. The molecule has 1 aliphatic rings. The predicted octanol–water partition coefficient (Wildman–Crippen LogP) is 1.48.